The molecule has 0 fully saturated rings. The van der Waals surface area contributed by atoms with Gasteiger partial charge in [0.05, 0.1) is 13.3 Å². The van der Waals surface area contributed by atoms with Crippen LogP contribution in [0.15, 0.2) is 60.9 Å². The van der Waals surface area contributed by atoms with Crippen LogP contribution in [0.4, 0.5) is 5.82 Å². The van der Waals surface area contributed by atoms with Crippen molar-refractivity contribution in [2.75, 3.05) is 12.4 Å². The molecular weight excluding hydrogens is 342 g/mol. The number of fused-ring (bicyclic) bond motifs is 1. The van der Waals surface area contributed by atoms with Crippen molar-refractivity contribution < 1.29 is 9.53 Å². The molecule has 2 aromatic carbocycles. The highest BCUT2D eigenvalue weighted by atomic mass is 16.5. The maximum atomic E-state index is 12.4. The van der Waals surface area contributed by atoms with Gasteiger partial charge in [-0.25, -0.2) is 9.97 Å². The molecule has 1 amide bonds. The van der Waals surface area contributed by atoms with Crippen LogP contribution in [0.25, 0.3) is 22.2 Å². The van der Waals surface area contributed by atoms with E-state index in [2.05, 4.69) is 20.4 Å². The van der Waals surface area contributed by atoms with E-state index in [1.54, 1.807) is 32.6 Å². The molecule has 0 spiro atoms. The van der Waals surface area contributed by atoms with Crippen LogP contribution in [-0.2, 0) is 7.05 Å². The van der Waals surface area contributed by atoms with Gasteiger partial charge in [-0.05, 0) is 23.8 Å². The van der Waals surface area contributed by atoms with Crippen LogP contribution in [-0.4, -0.2) is 32.8 Å². The predicted molar refractivity (Wildman–Crippen MR) is 103 cm³/mol. The lowest BCUT2D eigenvalue weighted by molar-refractivity contribution is 0.101. The maximum Gasteiger partial charge on any atom is 0.275 e. The van der Waals surface area contributed by atoms with E-state index in [1.165, 1.54) is 4.68 Å². The van der Waals surface area contributed by atoms with E-state index in [9.17, 15) is 4.79 Å². The minimum atomic E-state index is -0.304. The number of aryl methyl sites for hydroxylation is 1. The van der Waals surface area contributed by atoms with Crippen molar-refractivity contribution in [1.82, 2.24) is 19.7 Å². The molecule has 0 aliphatic carbocycles. The summed E-state index contributed by atoms with van der Waals surface area (Å²) in [5, 5.41) is 6.76. The minimum Gasteiger partial charge on any atom is -0.494 e. The standard InChI is InChI=1S/C20H17N5O2/c1-25-15(10-11-22-25)20(26)24-17-12-21-18-14(13-6-4-3-5-7-13)8-9-16(27-2)19(18)23-17/h3-12H,1-2H3,(H,23,24,26). The lowest BCUT2D eigenvalue weighted by Gasteiger charge is -2.11. The van der Waals surface area contributed by atoms with E-state index in [1.807, 2.05) is 42.5 Å². The number of hydrogen-bond acceptors (Lipinski definition) is 5. The molecule has 7 nitrogen and oxygen atoms in total. The van der Waals surface area contributed by atoms with Crippen LogP contribution in [0.3, 0.4) is 0 Å². The Morgan fingerprint density at radius 1 is 1.07 bits per heavy atom. The lowest BCUT2D eigenvalue weighted by atomic mass is 10.0. The van der Waals surface area contributed by atoms with Crippen molar-refractivity contribution in [3.63, 3.8) is 0 Å². The van der Waals surface area contributed by atoms with E-state index >= 15 is 0 Å². The number of nitrogens with zero attached hydrogens (tertiary/aromatic N) is 4. The smallest absolute Gasteiger partial charge is 0.275 e. The number of aromatic nitrogens is 4. The second kappa shape index (κ2) is 6.87. The van der Waals surface area contributed by atoms with Crippen LogP contribution < -0.4 is 10.1 Å². The number of hydrogen-bond donors (Lipinski definition) is 1. The molecular formula is C20H17N5O2. The summed E-state index contributed by atoms with van der Waals surface area (Å²) in [6.45, 7) is 0. The van der Waals surface area contributed by atoms with Crippen LogP contribution in [0.2, 0.25) is 0 Å². The topological polar surface area (TPSA) is 81.9 Å². The highest BCUT2D eigenvalue weighted by Crippen LogP contribution is 2.32. The second-order valence-corrected chi connectivity index (χ2v) is 5.93. The zero-order valence-corrected chi connectivity index (χ0v) is 14.9. The molecule has 0 radical (unpaired) electrons. The SMILES string of the molecule is COc1ccc(-c2ccccc2)c2ncc(NC(=O)c3ccnn3C)nc12. The fraction of sp³-hybridized carbons (Fsp3) is 0.100. The summed E-state index contributed by atoms with van der Waals surface area (Å²) in [6.07, 6.45) is 3.11. The molecule has 7 heteroatoms. The zero-order valence-electron chi connectivity index (χ0n) is 14.9. The van der Waals surface area contributed by atoms with Gasteiger partial charge in [-0.2, -0.15) is 5.10 Å². The number of rotatable bonds is 4. The van der Waals surface area contributed by atoms with Crippen molar-refractivity contribution in [3.05, 3.63) is 66.6 Å². The van der Waals surface area contributed by atoms with E-state index in [-0.39, 0.29) is 5.91 Å². The Kier molecular flexibility index (Phi) is 4.25. The molecule has 0 atom stereocenters. The van der Waals surface area contributed by atoms with Gasteiger partial charge in [-0.1, -0.05) is 30.3 Å². The highest BCUT2D eigenvalue weighted by molar-refractivity contribution is 6.03. The molecule has 0 saturated heterocycles. The largest absolute Gasteiger partial charge is 0.494 e. The normalized spacial score (nSPS) is 10.7. The van der Waals surface area contributed by atoms with E-state index in [4.69, 9.17) is 4.74 Å². The first-order chi connectivity index (χ1) is 13.2. The Hall–Kier alpha value is -3.74. The van der Waals surface area contributed by atoms with Gasteiger partial charge in [0.25, 0.3) is 5.91 Å². The Morgan fingerprint density at radius 2 is 1.89 bits per heavy atom. The van der Waals surface area contributed by atoms with Crippen LogP contribution in [0, 0.1) is 0 Å². The van der Waals surface area contributed by atoms with E-state index < -0.39 is 0 Å². The lowest BCUT2D eigenvalue weighted by Crippen LogP contribution is -2.17. The Morgan fingerprint density at radius 3 is 2.59 bits per heavy atom. The van der Waals surface area contributed by atoms with Gasteiger partial charge < -0.3 is 10.1 Å². The van der Waals surface area contributed by atoms with Gasteiger partial charge in [0.2, 0.25) is 0 Å². The molecule has 0 aliphatic rings. The van der Waals surface area contributed by atoms with Crippen LogP contribution >= 0.6 is 0 Å². The Bertz CT molecular complexity index is 1120. The summed E-state index contributed by atoms with van der Waals surface area (Å²) in [7, 11) is 3.29. The number of benzene rings is 2. The number of carbonyl (C=O) groups excluding carboxylic acids is 1. The fourth-order valence-electron chi connectivity index (χ4n) is 2.93. The first kappa shape index (κ1) is 16.7. The van der Waals surface area contributed by atoms with Crippen LogP contribution in [0.1, 0.15) is 10.5 Å². The third-order valence-corrected chi connectivity index (χ3v) is 4.26. The van der Waals surface area contributed by atoms with Crippen molar-refractivity contribution in [3.8, 4) is 16.9 Å². The van der Waals surface area contributed by atoms with Gasteiger partial charge in [0.1, 0.15) is 22.5 Å². The molecule has 134 valence electrons. The average Bonchev–Trinajstić information content (AvgIpc) is 3.13. The summed E-state index contributed by atoms with van der Waals surface area (Å²) in [4.78, 5) is 21.5. The maximum absolute atomic E-state index is 12.4. The van der Waals surface area contributed by atoms with Crippen LogP contribution in [0.5, 0.6) is 5.75 Å². The summed E-state index contributed by atoms with van der Waals surface area (Å²) < 4.78 is 6.94. The first-order valence-corrected chi connectivity index (χ1v) is 8.36. The average molecular weight is 359 g/mol. The number of methoxy groups -OCH3 is 1. The zero-order chi connectivity index (χ0) is 18.8. The molecule has 2 heterocycles. The quantitative estimate of drug-likeness (QED) is 0.605. The second-order valence-electron chi connectivity index (χ2n) is 5.93. The minimum absolute atomic E-state index is 0.304. The summed E-state index contributed by atoms with van der Waals surface area (Å²) >= 11 is 0. The van der Waals surface area contributed by atoms with Gasteiger partial charge in [0.15, 0.2) is 5.82 Å². The number of anilines is 1. The first-order valence-electron chi connectivity index (χ1n) is 8.36. The van der Waals surface area contributed by atoms with Gasteiger partial charge in [-0.15, -0.1) is 0 Å². The number of ether oxygens (including phenoxy) is 1. The summed E-state index contributed by atoms with van der Waals surface area (Å²) in [5.41, 5.74) is 3.71. The molecule has 0 bridgehead atoms. The number of amides is 1. The van der Waals surface area contributed by atoms with Gasteiger partial charge >= 0.3 is 0 Å². The van der Waals surface area contributed by atoms with E-state index in [0.29, 0.717) is 28.3 Å². The Balaban J connectivity index is 1.77. The molecule has 27 heavy (non-hydrogen) atoms. The van der Waals surface area contributed by atoms with Crippen molar-refractivity contribution >= 4 is 22.8 Å². The molecule has 0 unspecified atom stereocenters. The third-order valence-electron chi connectivity index (χ3n) is 4.26. The Labute approximate surface area is 155 Å². The molecule has 0 aliphatic heterocycles. The molecule has 4 rings (SSSR count). The van der Waals surface area contributed by atoms with Gasteiger partial charge in [0, 0.05) is 18.8 Å². The van der Waals surface area contributed by atoms with Crippen molar-refractivity contribution in [2.24, 2.45) is 7.05 Å². The molecule has 2 aromatic heterocycles. The predicted octanol–water partition coefficient (Wildman–Crippen LogP) is 3.29. The number of nitrogens with one attached hydrogen (secondary N) is 1. The summed E-state index contributed by atoms with van der Waals surface area (Å²) in [5.74, 6) is 0.632. The number of carbonyl (C=O) groups is 1. The van der Waals surface area contributed by atoms with E-state index in [0.717, 1.165) is 11.1 Å². The molecule has 4 aromatic rings. The fourth-order valence-corrected chi connectivity index (χ4v) is 2.93. The molecule has 0 saturated carbocycles. The monoisotopic (exact) mass is 359 g/mol. The molecule has 1 N–H and O–H groups in total. The van der Waals surface area contributed by atoms with Crippen molar-refractivity contribution in [1.29, 1.82) is 0 Å². The van der Waals surface area contributed by atoms with Crippen molar-refractivity contribution in [2.45, 2.75) is 0 Å². The third kappa shape index (κ3) is 3.10. The van der Waals surface area contributed by atoms with Gasteiger partial charge in [-0.3, -0.25) is 9.48 Å². The summed E-state index contributed by atoms with van der Waals surface area (Å²) in [6, 6.07) is 15.4. The highest BCUT2D eigenvalue weighted by Gasteiger charge is 2.15.